The third kappa shape index (κ3) is 2.68. The van der Waals surface area contributed by atoms with Gasteiger partial charge in [-0.2, -0.15) is 4.31 Å². The van der Waals surface area contributed by atoms with Crippen molar-refractivity contribution in [3.8, 4) is 0 Å². The molecule has 0 radical (unpaired) electrons. The van der Waals surface area contributed by atoms with Crippen molar-refractivity contribution in [3.63, 3.8) is 0 Å². The van der Waals surface area contributed by atoms with Gasteiger partial charge in [-0.25, -0.2) is 8.42 Å². The molecule has 21 heavy (non-hydrogen) atoms. The van der Waals surface area contributed by atoms with E-state index in [1.165, 1.54) is 16.4 Å². The van der Waals surface area contributed by atoms with Crippen LogP contribution in [0.4, 0.5) is 0 Å². The van der Waals surface area contributed by atoms with E-state index in [4.69, 9.17) is 5.73 Å². The highest BCUT2D eigenvalue weighted by Crippen LogP contribution is 2.29. The lowest BCUT2D eigenvalue weighted by atomic mass is 10.0. The van der Waals surface area contributed by atoms with Crippen LogP contribution in [0.15, 0.2) is 29.2 Å². The van der Waals surface area contributed by atoms with Gasteiger partial charge in [0.15, 0.2) is 0 Å². The number of nitrogens with two attached hydrogens (primary N) is 1. The molecular formula is C14H21N3O3S. The first-order valence-electron chi connectivity index (χ1n) is 6.78. The van der Waals surface area contributed by atoms with Crippen LogP contribution >= 0.6 is 0 Å². The van der Waals surface area contributed by atoms with Crippen molar-refractivity contribution in [1.82, 2.24) is 9.21 Å². The number of carbonyl (C=O) groups excluding carboxylic acids is 1. The van der Waals surface area contributed by atoms with Crippen LogP contribution in [0.25, 0.3) is 0 Å². The SMILES string of the molecule is CN1CCN(S(=O)(=O)c2ccc(CN)cc2)C(C)(C)C1=O. The van der Waals surface area contributed by atoms with E-state index in [9.17, 15) is 13.2 Å². The molecule has 0 spiro atoms. The summed E-state index contributed by atoms with van der Waals surface area (Å²) in [5.74, 6) is -0.198. The number of amides is 1. The average molecular weight is 311 g/mol. The quantitative estimate of drug-likeness (QED) is 0.875. The van der Waals surface area contributed by atoms with E-state index >= 15 is 0 Å². The van der Waals surface area contributed by atoms with Crippen LogP contribution in [-0.2, 0) is 21.4 Å². The monoisotopic (exact) mass is 311 g/mol. The Balaban J connectivity index is 2.40. The third-order valence-electron chi connectivity index (χ3n) is 3.88. The summed E-state index contributed by atoms with van der Waals surface area (Å²) in [6.45, 7) is 4.31. The fraction of sp³-hybridized carbons (Fsp3) is 0.500. The van der Waals surface area contributed by atoms with Crippen LogP contribution in [-0.4, -0.2) is 49.2 Å². The zero-order valence-electron chi connectivity index (χ0n) is 12.5. The molecule has 0 saturated carbocycles. The molecule has 1 aliphatic heterocycles. The number of sulfonamides is 1. The Bertz CT molecular complexity index is 638. The Morgan fingerprint density at radius 2 is 1.76 bits per heavy atom. The van der Waals surface area contributed by atoms with Crippen LogP contribution in [0.5, 0.6) is 0 Å². The van der Waals surface area contributed by atoms with E-state index in [0.717, 1.165) is 5.56 Å². The topological polar surface area (TPSA) is 83.7 Å². The summed E-state index contributed by atoms with van der Waals surface area (Å²) in [6.07, 6.45) is 0. The molecule has 1 aliphatic rings. The van der Waals surface area contributed by atoms with Gasteiger partial charge in [0.2, 0.25) is 15.9 Å². The number of likely N-dealkylation sites (N-methyl/N-ethyl adjacent to an activating group) is 1. The van der Waals surface area contributed by atoms with E-state index in [0.29, 0.717) is 13.1 Å². The first-order valence-corrected chi connectivity index (χ1v) is 8.22. The molecule has 1 saturated heterocycles. The molecule has 0 atom stereocenters. The van der Waals surface area contributed by atoms with Crippen molar-refractivity contribution in [1.29, 1.82) is 0 Å². The smallest absolute Gasteiger partial charge is 0.244 e. The molecule has 1 amide bonds. The molecule has 7 heteroatoms. The average Bonchev–Trinajstić information content (AvgIpc) is 2.44. The highest BCUT2D eigenvalue weighted by Gasteiger charge is 2.46. The standard InChI is InChI=1S/C14H21N3O3S/c1-14(2)13(18)16(3)8-9-17(14)21(19,20)12-6-4-11(10-15)5-7-12/h4-7H,8-10,15H2,1-3H3. The van der Waals surface area contributed by atoms with Crippen molar-refractivity contribution >= 4 is 15.9 Å². The summed E-state index contributed by atoms with van der Waals surface area (Å²) in [5, 5.41) is 0. The molecule has 0 aliphatic carbocycles. The van der Waals surface area contributed by atoms with Gasteiger partial charge >= 0.3 is 0 Å². The van der Waals surface area contributed by atoms with Gasteiger partial charge in [0.25, 0.3) is 0 Å². The molecule has 1 aromatic carbocycles. The molecule has 6 nitrogen and oxygen atoms in total. The molecule has 2 rings (SSSR count). The Morgan fingerprint density at radius 3 is 2.29 bits per heavy atom. The summed E-state index contributed by atoms with van der Waals surface area (Å²) in [7, 11) is -2.02. The second-order valence-corrected chi connectivity index (χ2v) is 7.57. The lowest BCUT2D eigenvalue weighted by Crippen LogP contribution is -2.63. The molecule has 116 valence electrons. The van der Waals surface area contributed by atoms with Gasteiger partial charge in [-0.1, -0.05) is 12.1 Å². The van der Waals surface area contributed by atoms with Gasteiger partial charge in [-0.05, 0) is 31.5 Å². The number of hydrogen-bond acceptors (Lipinski definition) is 4. The van der Waals surface area contributed by atoms with Crippen molar-refractivity contribution in [2.24, 2.45) is 5.73 Å². The zero-order valence-corrected chi connectivity index (χ0v) is 13.4. The van der Waals surface area contributed by atoms with Gasteiger partial charge in [0.05, 0.1) is 4.90 Å². The van der Waals surface area contributed by atoms with Crippen LogP contribution in [0.1, 0.15) is 19.4 Å². The number of piperazine rings is 1. The summed E-state index contributed by atoms with van der Waals surface area (Å²) in [4.78, 5) is 14.0. The highest BCUT2D eigenvalue weighted by atomic mass is 32.2. The second-order valence-electron chi connectivity index (χ2n) is 5.71. The Hall–Kier alpha value is -1.44. The molecule has 1 aromatic rings. The fourth-order valence-electron chi connectivity index (χ4n) is 2.54. The summed E-state index contributed by atoms with van der Waals surface area (Å²) in [6, 6.07) is 6.46. The summed E-state index contributed by atoms with van der Waals surface area (Å²) >= 11 is 0. The van der Waals surface area contributed by atoms with Crippen LogP contribution in [0.2, 0.25) is 0 Å². The minimum absolute atomic E-state index is 0.185. The predicted molar refractivity (Wildman–Crippen MR) is 79.9 cm³/mol. The number of nitrogens with zero attached hydrogens (tertiary/aromatic N) is 2. The maximum absolute atomic E-state index is 12.8. The normalized spacial score (nSPS) is 19.8. The maximum atomic E-state index is 12.8. The number of hydrogen-bond donors (Lipinski definition) is 1. The fourth-order valence-corrected chi connectivity index (χ4v) is 4.28. The van der Waals surface area contributed by atoms with Crippen molar-refractivity contribution in [2.45, 2.75) is 30.8 Å². The van der Waals surface area contributed by atoms with E-state index < -0.39 is 15.6 Å². The maximum Gasteiger partial charge on any atom is 0.244 e. The van der Waals surface area contributed by atoms with Gasteiger partial charge in [-0.15, -0.1) is 0 Å². The molecule has 2 N–H and O–H groups in total. The molecule has 0 bridgehead atoms. The van der Waals surface area contributed by atoms with Crippen LogP contribution in [0, 0.1) is 0 Å². The summed E-state index contributed by atoms with van der Waals surface area (Å²) in [5.41, 5.74) is 5.30. The minimum Gasteiger partial charge on any atom is -0.343 e. The largest absolute Gasteiger partial charge is 0.343 e. The Morgan fingerprint density at radius 1 is 1.19 bits per heavy atom. The van der Waals surface area contributed by atoms with Crippen molar-refractivity contribution < 1.29 is 13.2 Å². The lowest BCUT2D eigenvalue weighted by Gasteiger charge is -2.43. The van der Waals surface area contributed by atoms with Crippen LogP contribution < -0.4 is 5.73 Å². The Labute approximate surface area is 125 Å². The number of benzene rings is 1. The van der Waals surface area contributed by atoms with Crippen LogP contribution in [0.3, 0.4) is 0 Å². The number of rotatable bonds is 3. The lowest BCUT2D eigenvalue weighted by molar-refractivity contribution is -0.142. The van der Waals surface area contributed by atoms with E-state index in [2.05, 4.69) is 0 Å². The Kier molecular flexibility index (Phi) is 4.10. The van der Waals surface area contributed by atoms with Gasteiger partial charge in [0, 0.05) is 26.7 Å². The van der Waals surface area contributed by atoms with Gasteiger partial charge in [-0.3, -0.25) is 4.79 Å². The van der Waals surface area contributed by atoms with Crippen molar-refractivity contribution in [3.05, 3.63) is 29.8 Å². The predicted octanol–water partition coefficient (Wildman–Crippen LogP) is 0.387. The highest BCUT2D eigenvalue weighted by molar-refractivity contribution is 7.89. The zero-order chi connectivity index (χ0) is 15.8. The van der Waals surface area contributed by atoms with E-state index in [1.807, 2.05) is 0 Å². The second kappa shape index (κ2) is 5.40. The molecule has 0 unspecified atom stereocenters. The van der Waals surface area contributed by atoms with Gasteiger partial charge < -0.3 is 10.6 Å². The first-order chi connectivity index (χ1) is 9.71. The van der Waals surface area contributed by atoms with Gasteiger partial charge in [0.1, 0.15) is 5.54 Å². The van der Waals surface area contributed by atoms with Crippen molar-refractivity contribution in [2.75, 3.05) is 20.1 Å². The minimum atomic E-state index is -3.71. The number of carbonyl (C=O) groups is 1. The molecule has 1 heterocycles. The first kappa shape index (κ1) is 15.9. The molecule has 1 fully saturated rings. The summed E-state index contributed by atoms with van der Waals surface area (Å²) < 4.78 is 26.8. The van der Waals surface area contributed by atoms with E-state index in [-0.39, 0.29) is 17.3 Å². The molecule has 0 aromatic heterocycles. The van der Waals surface area contributed by atoms with E-state index in [1.54, 1.807) is 37.9 Å². The third-order valence-corrected chi connectivity index (χ3v) is 5.97. The molecular weight excluding hydrogens is 290 g/mol.